The largest absolute Gasteiger partial charge is 0.483 e. The highest BCUT2D eigenvalue weighted by Crippen LogP contribution is 2.54. The molecule has 0 saturated heterocycles. The van der Waals surface area contributed by atoms with Crippen LogP contribution >= 0.6 is 0 Å². The topological polar surface area (TPSA) is 162 Å². The lowest BCUT2D eigenvalue weighted by Gasteiger charge is -2.48. The van der Waals surface area contributed by atoms with Gasteiger partial charge in [0, 0.05) is 65.7 Å². The highest BCUT2D eigenvalue weighted by Gasteiger charge is 2.57. The summed E-state index contributed by atoms with van der Waals surface area (Å²) < 4.78 is 32.5. The molecule has 6 aliphatic rings. The van der Waals surface area contributed by atoms with Crippen LogP contribution in [-0.4, -0.2) is 65.9 Å². The van der Waals surface area contributed by atoms with Crippen LogP contribution in [0.4, 0.5) is 0 Å². The van der Waals surface area contributed by atoms with Crippen molar-refractivity contribution in [3.8, 4) is 5.75 Å². The second-order valence-electron chi connectivity index (χ2n) is 22.0. The van der Waals surface area contributed by atoms with Gasteiger partial charge in [0.2, 0.25) is 0 Å². The number of carbonyl (C=O) groups is 2. The van der Waals surface area contributed by atoms with E-state index in [1.807, 2.05) is 6.92 Å². The van der Waals surface area contributed by atoms with Gasteiger partial charge < -0.3 is 38.7 Å². The van der Waals surface area contributed by atoms with E-state index >= 15 is 4.79 Å². The van der Waals surface area contributed by atoms with E-state index < -0.39 is 47.9 Å². The Bertz CT molecular complexity index is 2930. The minimum Gasteiger partial charge on any atom is -0.483 e. The average molecular weight is 1010 g/mol. The van der Waals surface area contributed by atoms with Gasteiger partial charge >= 0.3 is 17.6 Å². The molecule has 0 amide bonds. The monoisotopic (exact) mass is 1000 g/mol. The maximum atomic E-state index is 15.4. The van der Waals surface area contributed by atoms with Gasteiger partial charge in [-0.05, 0) is 122 Å². The Morgan fingerprint density at radius 2 is 1.57 bits per heavy atom. The van der Waals surface area contributed by atoms with E-state index in [2.05, 4.69) is 91.0 Å². The highest BCUT2D eigenvalue weighted by atomic mass is 16.6. The second kappa shape index (κ2) is 22.2. The number of methoxy groups -OCH3 is 1. The van der Waals surface area contributed by atoms with E-state index in [9.17, 15) is 24.9 Å². The summed E-state index contributed by atoms with van der Waals surface area (Å²) in [5.74, 6) is -1.82. The molecule has 3 aliphatic heterocycles. The minimum absolute atomic E-state index is 0.0190. The van der Waals surface area contributed by atoms with Gasteiger partial charge in [0.25, 0.3) is 0 Å². The predicted octanol–water partition coefficient (Wildman–Crippen LogP) is 11.3. The van der Waals surface area contributed by atoms with Crippen LogP contribution in [0.25, 0.3) is 11.0 Å². The SMILES string of the molecule is COCC(CCO)c1c(CO)c2ccc3c(c2oc1=O)C1OC(=O)CC2CC(c4cccc(C5(c6ccccc6)CCCCC5)c4)C=CC2c2ccc(cc2)CCC(=C(C)CO)C(=O)OC1C(C)(C1CCCC1)O3. The average Bonchev–Trinajstić information content (AvgIpc) is 3.99. The summed E-state index contributed by atoms with van der Waals surface area (Å²) in [5, 5.41) is 32.0. The van der Waals surface area contributed by atoms with Crippen molar-refractivity contribution >= 4 is 22.9 Å². The number of hydrogen-bond acceptors (Lipinski definition) is 11. The molecule has 0 spiro atoms. The summed E-state index contributed by atoms with van der Waals surface area (Å²) in [6.07, 6.45) is 13.0. The van der Waals surface area contributed by atoms with Gasteiger partial charge in [-0.3, -0.25) is 4.79 Å². The van der Waals surface area contributed by atoms with Crippen molar-refractivity contribution in [1.82, 2.24) is 0 Å². The Hall–Kier alpha value is -5.85. The first-order valence-electron chi connectivity index (χ1n) is 27.1. The molecule has 1 aromatic heterocycles. The van der Waals surface area contributed by atoms with Crippen molar-refractivity contribution in [1.29, 1.82) is 0 Å². The number of ether oxygens (including phenoxy) is 4. The summed E-state index contributed by atoms with van der Waals surface area (Å²) in [6.45, 7) is 2.63. The third kappa shape index (κ3) is 9.81. The second-order valence-corrected chi connectivity index (χ2v) is 22.0. The summed E-state index contributed by atoms with van der Waals surface area (Å²) in [6, 6.07) is 32.0. The zero-order chi connectivity index (χ0) is 51.6. The number of esters is 2. The first-order chi connectivity index (χ1) is 36.0. The Balaban J connectivity index is 1.10. The molecule has 11 rings (SSSR count). The van der Waals surface area contributed by atoms with Crippen LogP contribution in [0.3, 0.4) is 0 Å². The van der Waals surface area contributed by atoms with Crippen LogP contribution in [0.5, 0.6) is 5.75 Å². The predicted molar refractivity (Wildman–Crippen MR) is 283 cm³/mol. The van der Waals surface area contributed by atoms with Crippen molar-refractivity contribution in [2.45, 2.75) is 151 Å². The molecule has 7 unspecified atom stereocenters. The van der Waals surface area contributed by atoms with Crippen molar-refractivity contribution in [3.63, 3.8) is 0 Å². The molecule has 11 heteroatoms. The van der Waals surface area contributed by atoms with Crippen molar-refractivity contribution < 1.29 is 48.3 Å². The van der Waals surface area contributed by atoms with Crippen LogP contribution in [-0.2, 0) is 42.2 Å². The van der Waals surface area contributed by atoms with E-state index in [1.54, 1.807) is 19.1 Å². The van der Waals surface area contributed by atoms with Gasteiger partial charge in [-0.2, -0.15) is 0 Å². The molecule has 7 atom stereocenters. The van der Waals surface area contributed by atoms with E-state index in [1.165, 1.54) is 43.1 Å². The van der Waals surface area contributed by atoms with Gasteiger partial charge in [0.1, 0.15) is 16.9 Å². The van der Waals surface area contributed by atoms with Gasteiger partial charge in [0.15, 0.2) is 12.2 Å². The van der Waals surface area contributed by atoms with Crippen molar-refractivity contribution in [2.24, 2.45) is 11.8 Å². The van der Waals surface area contributed by atoms with Crippen molar-refractivity contribution in [3.05, 3.63) is 169 Å². The van der Waals surface area contributed by atoms with Crippen molar-refractivity contribution in [2.75, 3.05) is 26.9 Å². The molecular weight excluding hydrogens is 933 g/mol. The molecule has 2 fully saturated rings. The maximum absolute atomic E-state index is 15.4. The fourth-order valence-electron chi connectivity index (χ4n) is 13.7. The normalized spacial score (nSPS) is 26.3. The Morgan fingerprint density at radius 1 is 0.811 bits per heavy atom. The number of carbonyl (C=O) groups excluding carboxylic acids is 2. The number of aliphatic hydroxyl groups is 3. The summed E-state index contributed by atoms with van der Waals surface area (Å²) in [4.78, 5) is 44.6. The standard InChI is InChI=1S/C63H72O11/c1-39(36-65)49-25-21-40-19-22-41(23-20-40)50-26-24-43(42-13-12-18-48(34-42)63(30-10-5-11-31-63)47-16-6-4-7-17-47)33-45(50)35-54(67)71-58-56-53(74-62(2,46-14-8-9-15-46)59(58)73-60(49)68)28-27-51-52(37-66)55(61(69)72-57(51)56)44(29-32-64)38-70-3/h4,6-7,12-13,16-20,22-24,26-28,34,43-46,50,58-59,64-66H,5,8-11,14-15,21,25,29-33,35-38H2,1-3H3. The Morgan fingerprint density at radius 3 is 2.28 bits per heavy atom. The molecule has 2 saturated carbocycles. The number of rotatable bonds is 11. The number of aliphatic hydroxyl groups excluding tert-OH is 3. The van der Waals surface area contributed by atoms with E-state index in [0.29, 0.717) is 40.7 Å². The summed E-state index contributed by atoms with van der Waals surface area (Å²) in [5.41, 5.74) is 5.54. The first kappa shape index (κ1) is 51.6. The lowest BCUT2D eigenvalue weighted by Crippen LogP contribution is -2.58. The third-order valence-corrected chi connectivity index (χ3v) is 17.7. The molecule has 3 aliphatic carbocycles. The van der Waals surface area contributed by atoms with Gasteiger partial charge in [-0.25, -0.2) is 9.59 Å². The van der Waals surface area contributed by atoms with Crippen LogP contribution in [0.2, 0.25) is 0 Å². The van der Waals surface area contributed by atoms with E-state index in [-0.39, 0.29) is 84.9 Å². The lowest BCUT2D eigenvalue weighted by molar-refractivity contribution is -0.199. The molecule has 390 valence electrons. The smallest absolute Gasteiger partial charge is 0.340 e. The van der Waals surface area contributed by atoms with E-state index in [4.69, 9.17) is 23.4 Å². The minimum atomic E-state index is -1.31. The molecule has 74 heavy (non-hydrogen) atoms. The zero-order valence-corrected chi connectivity index (χ0v) is 43.2. The van der Waals surface area contributed by atoms with Crippen LogP contribution < -0.4 is 10.4 Å². The third-order valence-electron chi connectivity index (χ3n) is 17.7. The van der Waals surface area contributed by atoms with Crippen LogP contribution in [0.15, 0.2) is 124 Å². The first-order valence-corrected chi connectivity index (χ1v) is 27.1. The molecular formula is C63H72O11. The van der Waals surface area contributed by atoms with Gasteiger partial charge in [-0.1, -0.05) is 123 Å². The van der Waals surface area contributed by atoms with Gasteiger partial charge in [-0.15, -0.1) is 0 Å². The summed E-state index contributed by atoms with van der Waals surface area (Å²) in [7, 11) is 1.51. The zero-order valence-electron chi connectivity index (χ0n) is 43.2. The fraction of sp³-hybridized carbons (Fsp3) is 0.476. The number of fused-ring (bicyclic) bond motifs is 11. The highest BCUT2D eigenvalue weighted by molar-refractivity contribution is 5.90. The molecule has 0 radical (unpaired) electrons. The quantitative estimate of drug-likeness (QED) is 0.0500. The molecule has 3 N–H and O–H groups in total. The number of benzene rings is 4. The number of hydrogen-bond donors (Lipinski definition) is 3. The Kier molecular flexibility index (Phi) is 15.5. The number of aryl methyl sites for hydroxylation is 1. The molecule has 11 nitrogen and oxygen atoms in total. The van der Waals surface area contributed by atoms with Crippen LogP contribution in [0, 0.1) is 11.8 Å². The van der Waals surface area contributed by atoms with Crippen LogP contribution in [0.1, 0.15) is 166 Å². The van der Waals surface area contributed by atoms with Gasteiger partial charge in [0.05, 0.1) is 25.4 Å². The Labute approximate surface area is 434 Å². The molecule has 4 aromatic carbocycles. The molecule has 2 bridgehead atoms. The number of allylic oxidation sites excluding steroid dienone is 2. The maximum Gasteiger partial charge on any atom is 0.340 e. The van der Waals surface area contributed by atoms with E-state index in [0.717, 1.165) is 49.7 Å². The molecule has 5 aromatic rings. The fourth-order valence-corrected chi connectivity index (χ4v) is 13.7. The molecule has 4 heterocycles. The lowest BCUT2D eigenvalue weighted by atomic mass is 9.64. The summed E-state index contributed by atoms with van der Waals surface area (Å²) >= 11 is 0.